The molecule has 0 spiro atoms. The highest BCUT2D eigenvalue weighted by atomic mass is 16.5. The van der Waals surface area contributed by atoms with Crippen molar-refractivity contribution in [1.29, 1.82) is 0 Å². The minimum absolute atomic E-state index is 0.0278. The third kappa shape index (κ3) is 5.62. The van der Waals surface area contributed by atoms with E-state index in [0.717, 1.165) is 61.1 Å². The topological polar surface area (TPSA) is 97.6 Å². The van der Waals surface area contributed by atoms with Gasteiger partial charge in [-0.2, -0.15) is 0 Å². The zero-order valence-electron chi connectivity index (χ0n) is 19.8. The highest BCUT2D eigenvalue weighted by Gasteiger charge is 2.26. The third-order valence-corrected chi connectivity index (χ3v) is 6.50. The average molecular weight is 475 g/mol. The summed E-state index contributed by atoms with van der Waals surface area (Å²) in [5, 5.41) is 12.3. The van der Waals surface area contributed by atoms with E-state index in [1.807, 2.05) is 24.3 Å². The number of ether oxygens (including phenoxy) is 1. The Morgan fingerprint density at radius 1 is 1.00 bits per heavy atom. The summed E-state index contributed by atoms with van der Waals surface area (Å²) >= 11 is 0. The van der Waals surface area contributed by atoms with E-state index in [1.54, 1.807) is 48.1 Å². The molecule has 1 aromatic heterocycles. The number of aromatic nitrogens is 1. The van der Waals surface area contributed by atoms with E-state index in [1.165, 1.54) is 0 Å². The van der Waals surface area contributed by atoms with Crippen molar-refractivity contribution in [1.82, 2.24) is 9.88 Å². The maximum Gasteiger partial charge on any atom is 0.330 e. The molecule has 0 bridgehead atoms. The number of rotatable bonds is 7. The van der Waals surface area contributed by atoms with Crippen molar-refractivity contribution in [2.75, 3.05) is 7.11 Å². The van der Waals surface area contributed by atoms with E-state index in [-0.39, 0.29) is 5.56 Å². The summed E-state index contributed by atoms with van der Waals surface area (Å²) in [5.41, 5.74) is 2.87. The molecule has 1 amide bonds. The van der Waals surface area contributed by atoms with Gasteiger partial charge >= 0.3 is 5.97 Å². The van der Waals surface area contributed by atoms with Crippen LogP contribution in [-0.2, 0) is 24.2 Å². The Balaban J connectivity index is 1.74. The monoisotopic (exact) mass is 474 g/mol. The SMILES string of the molecule is COc1ccc(Cn2c3c(cc(C(=O)N[C@@H](C(=O)O)c4ccccc4)c2=O)CCCCCC3)cc1. The first-order valence-electron chi connectivity index (χ1n) is 11.9. The highest BCUT2D eigenvalue weighted by Crippen LogP contribution is 2.22. The number of aryl methyl sites for hydroxylation is 1. The molecule has 0 saturated heterocycles. The number of carboxylic acid groups (broad SMARTS) is 1. The smallest absolute Gasteiger partial charge is 0.330 e. The quantitative estimate of drug-likeness (QED) is 0.537. The number of pyridine rings is 1. The molecule has 0 fully saturated rings. The summed E-state index contributed by atoms with van der Waals surface area (Å²) in [7, 11) is 1.60. The largest absolute Gasteiger partial charge is 0.497 e. The van der Waals surface area contributed by atoms with Crippen LogP contribution in [0, 0.1) is 0 Å². The molecule has 35 heavy (non-hydrogen) atoms. The molecule has 182 valence electrons. The van der Waals surface area contributed by atoms with Crippen molar-refractivity contribution >= 4 is 11.9 Å². The fourth-order valence-electron chi connectivity index (χ4n) is 4.62. The molecule has 2 N–H and O–H groups in total. The van der Waals surface area contributed by atoms with Gasteiger partial charge in [0.05, 0.1) is 13.7 Å². The molecule has 0 unspecified atom stereocenters. The van der Waals surface area contributed by atoms with E-state index in [0.29, 0.717) is 12.1 Å². The first-order chi connectivity index (χ1) is 17.0. The Kier molecular flexibility index (Phi) is 7.65. The fourth-order valence-corrected chi connectivity index (χ4v) is 4.62. The van der Waals surface area contributed by atoms with Crippen molar-refractivity contribution in [3.8, 4) is 5.75 Å². The van der Waals surface area contributed by atoms with E-state index >= 15 is 0 Å². The second-order valence-corrected chi connectivity index (χ2v) is 8.84. The minimum atomic E-state index is -1.25. The molecule has 4 rings (SSSR count). The maximum atomic E-state index is 13.6. The maximum absolute atomic E-state index is 13.6. The first kappa shape index (κ1) is 24.3. The second-order valence-electron chi connectivity index (χ2n) is 8.84. The molecule has 1 atom stereocenters. The van der Waals surface area contributed by atoms with Gasteiger partial charge in [-0.3, -0.25) is 9.59 Å². The summed E-state index contributed by atoms with van der Waals surface area (Å²) in [4.78, 5) is 38.8. The van der Waals surface area contributed by atoms with Gasteiger partial charge in [0.15, 0.2) is 6.04 Å². The van der Waals surface area contributed by atoms with Crippen molar-refractivity contribution in [3.63, 3.8) is 0 Å². The van der Waals surface area contributed by atoms with E-state index in [4.69, 9.17) is 4.74 Å². The lowest BCUT2D eigenvalue weighted by Gasteiger charge is -2.22. The molecule has 7 nitrogen and oxygen atoms in total. The van der Waals surface area contributed by atoms with Crippen molar-refractivity contribution in [2.45, 2.75) is 51.1 Å². The number of carboxylic acids is 1. The van der Waals surface area contributed by atoms with Crippen LogP contribution in [0.25, 0.3) is 0 Å². The van der Waals surface area contributed by atoms with Crippen molar-refractivity contribution in [3.05, 3.63) is 99.0 Å². The molecule has 0 aliphatic heterocycles. The van der Waals surface area contributed by atoms with Gasteiger partial charge in [-0.1, -0.05) is 55.3 Å². The summed E-state index contributed by atoms with van der Waals surface area (Å²) in [5.74, 6) is -1.14. The van der Waals surface area contributed by atoms with Crippen LogP contribution in [-0.4, -0.2) is 28.7 Å². The number of benzene rings is 2. The van der Waals surface area contributed by atoms with Crippen LogP contribution in [0.4, 0.5) is 0 Å². The van der Waals surface area contributed by atoms with Gasteiger partial charge in [-0.25, -0.2) is 4.79 Å². The van der Waals surface area contributed by atoms with Gasteiger partial charge in [0.1, 0.15) is 11.3 Å². The van der Waals surface area contributed by atoms with Crippen LogP contribution in [0.15, 0.2) is 65.5 Å². The number of nitrogens with one attached hydrogen (secondary N) is 1. The standard InChI is InChI=1S/C28H30N2O5/c1-35-22-15-13-19(14-16-22)18-30-24-12-8-3-2-5-11-21(24)17-23(27(30)32)26(31)29-25(28(33)34)20-9-6-4-7-10-20/h4,6-7,9-10,13-17,25H,2-3,5,8,11-12,18H2,1H3,(H,29,31)(H,33,34)/t25-/m1/s1. The van der Waals surface area contributed by atoms with Crippen LogP contribution in [0.3, 0.4) is 0 Å². The van der Waals surface area contributed by atoms with Crippen molar-refractivity contribution in [2.24, 2.45) is 0 Å². The van der Waals surface area contributed by atoms with Gasteiger partial charge < -0.3 is 19.7 Å². The van der Waals surface area contributed by atoms with Crippen LogP contribution < -0.4 is 15.6 Å². The Bertz CT molecular complexity index is 1250. The molecule has 0 radical (unpaired) electrons. The predicted octanol–water partition coefficient (Wildman–Crippen LogP) is 4.12. The molecular formula is C28H30N2O5. The molecule has 1 aliphatic carbocycles. The lowest BCUT2D eigenvalue weighted by atomic mass is 9.95. The number of methoxy groups -OCH3 is 1. The summed E-state index contributed by atoms with van der Waals surface area (Å²) in [6.45, 7) is 0.327. The number of carbonyl (C=O) groups excluding carboxylic acids is 1. The van der Waals surface area contributed by atoms with Crippen LogP contribution >= 0.6 is 0 Å². The number of aliphatic carboxylic acids is 1. The number of amides is 1. The van der Waals surface area contributed by atoms with E-state index in [2.05, 4.69) is 5.32 Å². The summed E-state index contributed by atoms with van der Waals surface area (Å²) < 4.78 is 6.93. The van der Waals surface area contributed by atoms with E-state index in [9.17, 15) is 19.5 Å². The molecule has 2 aromatic carbocycles. The average Bonchev–Trinajstić information content (AvgIpc) is 2.85. The molecule has 7 heteroatoms. The van der Waals surface area contributed by atoms with E-state index < -0.39 is 23.5 Å². The minimum Gasteiger partial charge on any atom is -0.497 e. The molecule has 1 heterocycles. The van der Waals surface area contributed by atoms with Gasteiger partial charge in [-0.15, -0.1) is 0 Å². The number of carbonyl (C=O) groups is 2. The van der Waals surface area contributed by atoms with Crippen LogP contribution in [0.1, 0.15) is 64.5 Å². The Hall–Kier alpha value is -3.87. The lowest BCUT2D eigenvalue weighted by molar-refractivity contribution is -0.139. The predicted molar refractivity (Wildman–Crippen MR) is 133 cm³/mol. The Morgan fingerprint density at radius 2 is 1.69 bits per heavy atom. The Labute approximate surface area is 204 Å². The summed E-state index contributed by atoms with van der Waals surface area (Å²) in [6.07, 6.45) is 5.72. The van der Waals surface area contributed by atoms with Crippen molar-refractivity contribution < 1.29 is 19.4 Å². The van der Waals surface area contributed by atoms with Gasteiger partial charge in [0.25, 0.3) is 11.5 Å². The molecule has 0 saturated carbocycles. The molecular weight excluding hydrogens is 444 g/mol. The fraction of sp³-hybridized carbons (Fsp3) is 0.321. The second kappa shape index (κ2) is 11.0. The number of hydrogen-bond acceptors (Lipinski definition) is 4. The number of hydrogen-bond donors (Lipinski definition) is 2. The zero-order valence-corrected chi connectivity index (χ0v) is 19.8. The zero-order chi connectivity index (χ0) is 24.8. The van der Waals surface area contributed by atoms with Crippen LogP contribution in [0.2, 0.25) is 0 Å². The van der Waals surface area contributed by atoms with Gasteiger partial charge in [0.2, 0.25) is 0 Å². The molecule has 3 aromatic rings. The van der Waals surface area contributed by atoms with Crippen LogP contribution in [0.5, 0.6) is 5.75 Å². The lowest BCUT2D eigenvalue weighted by Crippen LogP contribution is -2.39. The highest BCUT2D eigenvalue weighted by molar-refractivity contribution is 5.96. The van der Waals surface area contributed by atoms with Gasteiger partial charge in [0, 0.05) is 5.69 Å². The van der Waals surface area contributed by atoms with Gasteiger partial charge in [-0.05, 0) is 60.6 Å². The first-order valence-corrected chi connectivity index (χ1v) is 11.9. The number of fused-ring (bicyclic) bond motifs is 1. The molecule has 1 aliphatic rings. The normalized spacial score (nSPS) is 14.2. The Morgan fingerprint density at radius 3 is 2.34 bits per heavy atom. The third-order valence-electron chi connectivity index (χ3n) is 6.50. The summed E-state index contributed by atoms with van der Waals surface area (Å²) in [6, 6.07) is 16.4. The number of nitrogens with zero attached hydrogens (tertiary/aromatic N) is 1.